The van der Waals surface area contributed by atoms with Crippen molar-refractivity contribution in [3.05, 3.63) is 114 Å². The van der Waals surface area contributed by atoms with Crippen molar-refractivity contribution in [2.45, 2.75) is 13.8 Å². The van der Waals surface area contributed by atoms with E-state index in [9.17, 15) is 5.26 Å². The lowest BCUT2D eigenvalue weighted by Gasteiger charge is -2.10. The topological polar surface area (TPSA) is 40.8 Å². The average Bonchev–Trinajstić information content (AvgIpc) is 3.27. The van der Waals surface area contributed by atoms with E-state index in [0.717, 1.165) is 66.6 Å². The third-order valence-corrected chi connectivity index (χ3v) is 7.02. The molecule has 2 heterocycles. The quantitative estimate of drug-likeness (QED) is 0.249. The molecule has 2 aromatic heterocycles. The number of benzene rings is 4. The third-order valence-electron chi connectivity index (χ3n) is 7.02. The molecule has 0 unspecified atom stereocenters. The Kier molecular flexibility index (Phi) is 5.16. The van der Waals surface area contributed by atoms with E-state index >= 15 is 0 Å². The molecule has 0 saturated carbocycles. The van der Waals surface area contributed by atoms with E-state index in [1.807, 2.05) is 31.2 Å². The van der Waals surface area contributed by atoms with Crippen LogP contribution in [0.15, 0.2) is 102 Å². The highest BCUT2D eigenvalue weighted by Gasteiger charge is 2.24. The Balaban J connectivity index is 1.70. The summed E-state index contributed by atoms with van der Waals surface area (Å²) in [4.78, 5) is 0. The van der Waals surface area contributed by atoms with Crippen molar-refractivity contribution < 1.29 is 8.98 Å². The smallest absolute Gasteiger partial charge is 0.216 e. The first-order valence-electron chi connectivity index (χ1n) is 12.1. The zero-order valence-electron chi connectivity index (χ0n) is 20.5. The summed E-state index contributed by atoms with van der Waals surface area (Å²) in [7, 11) is 2.05. The maximum atomic E-state index is 10.2. The first-order valence-corrected chi connectivity index (χ1v) is 12.1. The van der Waals surface area contributed by atoms with Gasteiger partial charge in [-0.25, -0.2) is 4.57 Å². The first kappa shape index (κ1) is 21.8. The van der Waals surface area contributed by atoms with Crippen LogP contribution < -0.4 is 4.57 Å². The Labute approximate surface area is 210 Å². The number of nitrogens with zero attached hydrogens (tertiary/aromatic N) is 2. The van der Waals surface area contributed by atoms with Crippen LogP contribution >= 0.6 is 0 Å². The van der Waals surface area contributed by atoms with Crippen LogP contribution in [0.1, 0.15) is 16.7 Å². The number of hydrogen-bond acceptors (Lipinski definition) is 2. The molecule has 0 saturated heterocycles. The molecule has 0 N–H and O–H groups in total. The van der Waals surface area contributed by atoms with Crippen molar-refractivity contribution in [2.75, 3.05) is 0 Å². The van der Waals surface area contributed by atoms with Crippen LogP contribution in [0, 0.1) is 25.2 Å². The number of fused-ring (bicyclic) bond motifs is 3. The summed E-state index contributed by atoms with van der Waals surface area (Å²) in [6.07, 6.45) is 2.05. The molecule has 0 atom stereocenters. The predicted molar refractivity (Wildman–Crippen MR) is 145 cm³/mol. The van der Waals surface area contributed by atoms with Crippen molar-refractivity contribution in [3.63, 3.8) is 0 Å². The fourth-order valence-corrected chi connectivity index (χ4v) is 5.21. The van der Waals surface area contributed by atoms with Crippen molar-refractivity contribution >= 4 is 21.9 Å². The Morgan fingerprint density at radius 2 is 1.39 bits per heavy atom. The lowest BCUT2D eigenvalue weighted by atomic mass is 9.91. The number of nitriles is 1. The lowest BCUT2D eigenvalue weighted by Crippen LogP contribution is -2.30. The molecule has 0 fully saturated rings. The first-order chi connectivity index (χ1) is 17.6. The molecule has 6 aromatic rings. The number of hydrogen-bond donors (Lipinski definition) is 0. The summed E-state index contributed by atoms with van der Waals surface area (Å²) >= 11 is 0. The van der Waals surface area contributed by atoms with Gasteiger partial charge in [0.1, 0.15) is 24.3 Å². The summed E-state index contributed by atoms with van der Waals surface area (Å²) < 4.78 is 8.85. The molecular formula is C33H25N2O+. The largest absolute Gasteiger partial charge is 0.454 e. The fraction of sp³-hybridized carbons (Fsp3) is 0.0909. The van der Waals surface area contributed by atoms with Crippen LogP contribution in [0.4, 0.5) is 0 Å². The summed E-state index contributed by atoms with van der Waals surface area (Å²) in [5, 5.41) is 12.3. The van der Waals surface area contributed by atoms with Gasteiger partial charge in [-0.1, -0.05) is 60.7 Å². The van der Waals surface area contributed by atoms with Crippen LogP contribution in [0.5, 0.6) is 0 Å². The lowest BCUT2D eigenvalue weighted by molar-refractivity contribution is -0.660. The van der Waals surface area contributed by atoms with Gasteiger partial charge in [0, 0.05) is 28.5 Å². The average molecular weight is 466 g/mol. The van der Waals surface area contributed by atoms with Gasteiger partial charge in [-0.3, -0.25) is 0 Å². The van der Waals surface area contributed by atoms with Crippen LogP contribution in [0.2, 0.25) is 0 Å². The molecule has 0 aliphatic carbocycles. The maximum Gasteiger partial charge on any atom is 0.216 e. The fourth-order valence-electron chi connectivity index (χ4n) is 5.21. The van der Waals surface area contributed by atoms with E-state index in [1.54, 1.807) is 0 Å². The van der Waals surface area contributed by atoms with Gasteiger partial charge in [0.2, 0.25) is 5.69 Å². The minimum atomic E-state index is 0.648. The Hall–Kier alpha value is -4.68. The number of furan rings is 1. The van der Waals surface area contributed by atoms with Crippen LogP contribution in [-0.4, -0.2) is 0 Å². The summed E-state index contributed by atoms with van der Waals surface area (Å²) in [5.41, 5.74) is 10.6. The normalized spacial score (nSPS) is 11.2. The second-order valence-corrected chi connectivity index (χ2v) is 9.31. The van der Waals surface area contributed by atoms with Gasteiger partial charge >= 0.3 is 0 Å². The van der Waals surface area contributed by atoms with E-state index in [0.29, 0.717) is 5.56 Å². The summed E-state index contributed by atoms with van der Waals surface area (Å²) in [5.74, 6) is 0. The van der Waals surface area contributed by atoms with Crippen LogP contribution in [0.25, 0.3) is 55.4 Å². The van der Waals surface area contributed by atoms with Gasteiger partial charge < -0.3 is 4.42 Å². The second-order valence-electron chi connectivity index (χ2n) is 9.31. The van der Waals surface area contributed by atoms with Gasteiger partial charge in [-0.2, -0.15) is 5.26 Å². The maximum absolute atomic E-state index is 10.2. The third kappa shape index (κ3) is 3.39. The SMILES string of the molecule is Cc1cc2c(oc3c(-c4cccc[n+]4C)c(C)ccc32)c(-c2cccc(-c3ccccc3)c2)c1C#N. The number of pyridine rings is 1. The highest BCUT2D eigenvalue weighted by atomic mass is 16.3. The molecule has 3 heteroatoms. The molecule has 4 aromatic carbocycles. The van der Waals surface area contributed by atoms with E-state index < -0.39 is 0 Å². The zero-order valence-corrected chi connectivity index (χ0v) is 20.5. The highest BCUT2D eigenvalue weighted by molar-refractivity contribution is 6.14. The molecule has 3 nitrogen and oxygen atoms in total. The molecule has 36 heavy (non-hydrogen) atoms. The Bertz CT molecular complexity index is 1820. The molecule has 0 aliphatic heterocycles. The van der Waals surface area contributed by atoms with Gasteiger partial charge in [0.15, 0.2) is 6.20 Å². The molecule has 0 aliphatic rings. The minimum Gasteiger partial charge on any atom is -0.454 e. The van der Waals surface area contributed by atoms with Gasteiger partial charge in [0.25, 0.3) is 0 Å². The molecule has 0 radical (unpaired) electrons. The van der Waals surface area contributed by atoms with Gasteiger partial charge in [-0.15, -0.1) is 0 Å². The van der Waals surface area contributed by atoms with Crippen LogP contribution in [0.3, 0.4) is 0 Å². The standard InChI is InChI=1S/C33H25N2O/c1-21-15-16-26-27-18-22(2)28(20-34)31(25-13-9-12-24(19-25)23-10-5-4-6-11-23)33(27)36-32(26)30(21)29-14-7-8-17-35(29)3/h4-19H,1-3H3/q+1. The van der Waals surface area contributed by atoms with Crippen molar-refractivity contribution in [3.8, 4) is 39.6 Å². The molecule has 0 bridgehead atoms. The molecule has 0 amide bonds. The molecule has 6 rings (SSSR count). The van der Waals surface area contributed by atoms with Crippen molar-refractivity contribution in [2.24, 2.45) is 7.05 Å². The number of aromatic nitrogens is 1. The second kappa shape index (κ2) is 8.52. The van der Waals surface area contributed by atoms with Crippen molar-refractivity contribution in [1.82, 2.24) is 0 Å². The van der Waals surface area contributed by atoms with Crippen LogP contribution in [-0.2, 0) is 7.05 Å². The minimum absolute atomic E-state index is 0.648. The van der Waals surface area contributed by atoms with E-state index in [2.05, 4.69) is 97.5 Å². The molecular weight excluding hydrogens is 440 g/mol. The molecule has 172 valence electrons. The number of aryl methyl sites for hydroxylation is 3. The summed E-state index contributed by atoms with van der Waals surface area (Å²) in [6, 6.07) is 33.7. The number of rotatable bonds is 3. The highest BCUT2D eigenvalue weighted by Crippen LogP contribution is 2.43. The van der Waals surface area contributed by atoms with Gasteiger partial charge in [-0.05, 0) is 59.9 Å². The monoisotopic (exact) mass is 465 g/mol. The predicted octanol–water partition coefficient (Wildman–Crippen LogP) is 7.90. The Morgan fingerprint density at radius 1 is 0.667 bits per heavy atom. The Morgan fingerprint density at radius 3 is 2.17 bits per heavy atom. The van der Waals surface area contributed by atoms with E-state index in [1.165, 1.54) is 0 Å². The van der Waals surface area contributed by atoms with E-state index in [-0.39, 0.29) is 0 Å². The zero-order chi connectivity index (χ0) is 24.8. The van der Waals surface area contributed by atoms with E-state index in [4.69, 9.17) is 4.42 Å². The van der Waals surface area contributed by atoms with Crippen molar-refractivity contribution in [1.29, 1.82) is 5.26 Å². The molecule has 0 spiro atoms. The van der Waals surface area contributed by atoms with Gasteiger partial charge in [0.05, 0.1) is 11.1 Å². The summed E-state index contributed by atoms with van der Waals surface area (Å²) in [6.45, 7) is 4.12.